The molecule has 28 heavy (non-hydrogen) atoms. The van der Waals surface area contributed by atoms with Crippen molar-refractivity contribution in [3.05, 3.63) is 63.5 Å². The van der Waals surface area contributed by atoms with Crippen molar-refractivity contribution < 1.29 is 23.9 Å². The fourth-order valence-electron chi connectivity index (χ4n) is 3.39. The van der Waals surface area contributed by atoms with E-state index in [0.29, 0.717) is 30.0 Å². The predicted molar refractivity (Wildman–Crippen MR) is 107 cm³/mol. The smallest absolute Gasteiger partial charge is 0.336 e. The summed E-state index contributed by atoms with van der Waals surface area (Å²) in [6, 6.07) is 10.9. The quantitative estimate of drug-likeness (QED) is 0.612. The Kier molecular flexibility index (Phi) is 5.90. The molecule has 0 saturated heterocycles. The summed E-state index contributed by atoms with van der Waals surface area (Å²) in [5.74, 6) is 1.56. The molecule has 0 amide bonds. The molecule has 3 rings (SSSR count). The van der Waals surface area contributed by atoms with Crippen molar-refractivity contribution in [1.29, 1.82) is 0 Å². The number of phenolic OH excluding ortho intramolecular Hbond substituents is 1. The van der Waals surface area contributed by atoms with Gasteiger partial charge >= 0.3 is 5.63 Å². The van der Waals surface area contributed by atoms with E-state index in [2.05, 4.69) is 7.05 Å². The first-order valence-electron chi connectivity index (χ1n) is 9.29. The third-order valence-corrected chi connectivity index (χ3v) is 4.74. The van der Waals surface area contributed by atoms with Crippen molar-refractivity contribution in [2.24, 2.45) is 0 Å². The molecule has 1 atom stereocenters. The summed E-state index contributed by atoms with van der Waals surface area (Å²) in [6.45, 7) is 5.66. The molecule has 1 unspecified atom stereocenters. The Balaban J connectivity index is 1.85. The number of hydrogen-bond acceptors (Lipinski definition) is 5. The van der Waals surface area contributed by atoms with E-state index in [9.17, 15) is 9.90 Å². The van der Waals surface area contributed by atoms with Crippen LogP contribution in [0.15, 0.2) is 45.6 Å². The molecule has 0 aliphatic rings. The molecule has 0 aliphatic heterocycles. The number of phenols is 1. The summed E-state index contributed by atoms with van der Waals surface area (Å²) in [5, 5.41) is 10.7. The van der Waals surface area contributed by atoms with Crippen LogP contribution in [0.25, 0.3) is 11.0 Å². The number of methoxy groups -OCH3 is 1. The van der Waals surface area contributed by atoms with Gasteiger partial charge in [-0.3, -0.25) is 0 Å². The highest BCUT2D eigenvalue weighted by Crippen LogP contribution is 2.28. The maximum Gasteiger partial charge on any atom is 0.336 e. The Bertz CT molecular complexity index is 1040. The van der Waals surface area contributed by atoms with E-state index in [0.717, 1.165) is 28.8 Å². The van der Waals surface area contributed by atoms with Crippen LogP contribution in [0, 0.1) is 6.92 Å². The Labute approximate surface area is 163 Å². The number of ether oxygens (including phenoxy) is 2. The van der Waals surface area contributed by atoms with Crippen molar-refractivity contribution in [3.63, 3.8) is 0 Å². The van der Waals surface area contributed by atoms with Crippen molar-refractivity contribution in [1.82, 2.24) is 0 Å². The van der Waals surface area contributed by atoms with Crippen molar-refractivity contribution >= 4 is 11.0 Å². The van der Waals surface area contributed by atoms with E-state index in [4.69, 9.17) is 13.9 Å². The minimum atomic E-state index is -0.410. The SMILES string of the molecule is CCOc1ccc(C[NH+](C)Cc2cc(=O)oc3c(C)c(O)ccc23)cc1OC. The number of benzene rings is 2. The Morgan fingerprint density at radius 3 is 2.61 bits per heavy atom. The summed E-state index contributed by atoms with van der Waals surface area (Å²) in [5.41, 5.74) is 2.61. The maximum absolute atomic E-state index is 12.0. The third-order valence-electron chi connectivity index (χ3n) is 4.74. The number of aryl methyl sites for hydroxylation is 1. The first-order chi connectivity index (χ1) is 13.4. The van der Waals surface area contributed by atoms with Crippen LogP contribution in [0.3, 0.4) is 0 Å². The highest BCUT2D eigenvalue weighted by Gasteiger charge is 2.15. The zero-order valence-corrected chi connectivity index (χ0v) is 16.7. The Hall–Kier alpha value is -2.99. The van der Waals surface area contributed by atoms with E-state index < -0.39 is 5.63 Å². The summed E-state index contributed by atoms with van der Waals surface area (Å²) in [6.07, 6.45) is 0. The molecule has 0 bridgehead atoms. The first kappa shape index (κ1) is 19.8. The maximum atomic E-state index is 12.0. The minimum absolute atomic E-state index is 0.120. The fourth-order valence-corrected chi connectivity index (χ4v) is 3.39. The highest BCUT2D eigenvalue weighted by molar-refractivity contribution is 5.84. The largest absolute Gasteiger partial charge is 0.508 e. The van der Waals surface area contributed by atoms with Gasteiger partial charge in [0.15, 0.2) is 11.5 Å². The monoisotopic (exact) mass is 384 g/mol. The van der Waals surface area contributed by atoms with E-state index in [1.807, 2.05) is 25.1 Å². The summed E-state index contributed by atoms with van der Waals surface area (Å²) in [7, 11) is 3.70. The van der Waals surface area contributed by atoms with Crippen LogP contribution in [0.5, 0.6) is 17.2 Å². The number of nitrogens with one attached hydrogen (secondary N) is 1. The standard InChI is InChI=1S/C22H25NO5/c1-5-27-19-9-6-15(10-20(19)26-4)12-23(3)13-16-11-21(25)28-22-14(2)18(24)8-7-17(16)22/h6-11,24H,5,12-13H2,1-4H3/p+1. The van der Waals surface area contributed by atoms with Gasteiger partial charge in [0.05, 0.1) is 20.8 Å². The van der Waals surface area contributed by atoms with Gasteiger partial charge in [0, 0.05) is 28.1 Å². The topological polar surface area (TPSA) is 73.3 Å². The van der Waals surface area contributed by atoms with Crippen LogP contribution in [0.2, 0.25) is 0 Å². The van der Waals surface area contributed by atoms with Crippen LogP contribution in [-0.4, -0.2) is 25.9 Å². The number of hydrogen-bond donors (Lipinski definition) is 2. The molecule has 6 nitrogen and oxygen atoms in total. The average molecular weight is 384 g/mol. The molecule has 0 radical (unpaired) electrons. The molecule has 0 saturated carbocycles. The van der Waals surface area contributed by atoms with Gasteiger partial charge in [-0.05, 0) is 44.2 Å². The molecular formula is C22H26NO5+. The molecule has 1 heterocycles. The van der Waals surface area contributed by atoms with E-state index in [1.165, 1.54) is 11.0 Å². The minimum Gasteiger partial charge on any atom is -0.508 e. The summed E-state index contributed by atoms with van der Waals surface area (Å²) in [4.78, 5) is 13.2. The average Bonchev–Trinajstić information content (AvgIpc) is 2.66. The number of rotatable bonds is 7. The van der Waals surface area contributed by atoms with E-state index >= 15 is 0 Å². The lowest BCUT2D eigenvalue weighted by Gasteiger charge is -2.17. The molecule has 3 aromatic rings. The molecule has 148 valence electrons. The summed E-state index contributed by atoms with van der Waals surface area (Å²) >= 11 is 0. The first-order valence-corrected chi connectivity index (χ1v) is 9.29. The predicted octanol–water partition coefficient (Wildman–Crippen LogP) is 2.43. The van der Waals surface area contributed by atoms with Gasteiger partial charge in [-0.2, -0.15) is 0 Å². The second-order valence-corrected chi connectivity index (χ2v) is 6.91. The zero-order valence-electron chi connectivity index (χ0n) is 16.7. The molecule has 1 aromatic heterocycles. The van der Waals surface area contributed by atoms with Gasteiger partial charge < -0.3 is 23.9 Å². The van der Waals surface area contributed by atoms with E-state index in [-0.39, 0.29) is 5.75 Å². The molecule has 2 aromatic carbocycles. The molecular weight excluding hydrogens is 358 g/mol. The number of fused-ring (bicyclic) bond motifs is 1. The van der Waals surface area contributed by atoms with Crippen LogP contribution >= 0.6 is 0 Å². The number of quaternary nitrogens is 1. The zero-order chi connectivity index (χ0) is 20.3. The Morgan fingerprint density at radius 1 is 1.11 bits per heavy atom. The van der Waals surface area contributed by atoms with Crippen LogP contribution in [0.4, 0.5) is 0 Å². The second-order valence-electron chi connectivity index (χ2n) is 6.91. The molecule has 0 aliphatic carbocycles. The Morgan fingerprint density at radius 2 is 1.89 bits per heavy atom. The molecule has 0 fully saturated rings. The van der Waals surface area contributed by atoms with Crippen LogP contribution in [-0.2, 0) is 13.1 Å². The van der Waals surface area contributed by atoms with Crippen molar-refractivity contribution in [3.8, 4) is 17.2 Å². The van der Waals surface area contributed by atoms with Gasteiger partial charge in [0.1, 0.15) is 24.4 Å². The number of aromatic hydroxyl groups is 1. The van der Waals surface area contributed by atoms with Crippen molar-refractivity contribution in [2.45, 2.75) is 26.9 Å². The second kappa shape index (κ2) is 8.35. The van der Waals surface area contributed by atoms with Crippen LogP contribution in [0.1, 0.15) is 23.6 Å². The highest BCUT2D eigenvalue weighted by atomic mass is 16.5. The van der Waals surface area contributed by atoms with E-state index in [1.54, 1.807) is 26.2 Å². The van der Waals surface area contributed by atoms with Crippen LogP contribution < -0.4 is 20.0 Å². The normalized spacial score (nSPS) is 12.1. The molecule has 0 spiro atoms. The fraction of sp³-hybridized carbons (Fsp3) is 0.318. The lowest BCUT2D eigenvalue weighted by Crippen LogP contribution is -3.06. The van der Waals surface area contributed by atoms with Crippen molar-refractivity contribution in [2.75, 3.05) is 20.8 Å². The summed E-state index contributed by atoms with van der Waals surface area (Å²) < 4.78 is 16.3. The van der Waals surface area contributed by atoms with Gasteiger partial charge in [-0.1, -0.05) is 0 Å². The lowest BCUT2D eigenvalue weighted by molar-refractivity contribution is -0.907. The lowest BCUT2D eigenvalue weighted by atomic mass is 10.1. The van der Waals surface area contributed by atoms with Gasteiger partial charge in [0.2, 0.25) is 0 Å². The molecule has 2 N–H and O–H groups in total. The molecule has 6 heteroatoms. The van der Waals surface area contributed by atoms with Gasteiger partial charge in [-0.25, -0.2) is 4.79 Å². The van der Waals surface area contributed by atoms with Gasteiger partial charge in [0.25, 0.3) is 0 Å². The third kappa shape index (κ3) is 4.12. The van der Waals surface area contributed by atoms with Gasteiger partial charge in [-0.15, -0.1) is 0 Å².